The van der Waals surface area contributed by atoms with Crippen molar-refractivity contribution in [3.8, 4) is 0 Å². The first-order valence-corrected chi connectivity index (χ1v) is 5.07. The van der Waals surface area contributed by atoms with Crippen LogP contribution in [-0.2, 0) is 4.74 Å². The Morgan fingerprint density at radius 3 is 2.23 bits per heavy atom. The Bertz CT molecular complexity index is 360. The summed E-state index contributed by atoms with van der Waals surface area (Å²) in [6, 6.07) is 1.69. The third-order valence-corrected chi connectivity index (χ3v) is 3.58. The minimum atomic E-state index is 0.0276. The van der Waals surface area contributed by atoms with Crippen LogP contribution in [0.4, 0.5) is 0 Å². The van der Waals surface area contributed by atoms with Gasteiger partial charge in [0.15, 0.2) is 0 Å². The van der Waals surface area contributed by atoms with E-state index in [0.717, 1.165) is 5.56 Å². The predicted molar refractivity (Wildman–Crippen MR) is 55.2 cm³/mol. The molecule has 1 saturated heterocycles. The SMILES string of the molecule is Clc1cc(C2CO2)c(Cl)c(Cl)c1Cl. The van der Waals surface area contributed by atoms with Gasteiger partial charge in [-0.25, -0.2) is 0 Å². The lowest BCUT2D eigenvalue weighted by Gasteiger charge is -2.06. The molecular formula is C8H4Cl4O. The highest BCUT2D eigenvalue weighted by Gasteiger charge is 2.29. The summed E-state index contributed by atoms with van der Waals surface area (Å²) in [5, 5.41) is 1.42. The van der Waals surface area contributed by atoms with Crippen molar-refractivity contribution in [3.63, 3.8) is 0 Å². The number of epoxide rings is 1. The maximum absolute atomic E-state index is 5.95. The molecule has 0 aliphatic carbocycles. The maximum Gasteiger partial charge on any atom is 0.107 e. The zero-order chi connectivity index (χ0) is 9.59. The van der Waals surface area contributed by atoms with Gasteiger partial charge in [0.2, 0.25) is 0 Å². The Kier molecular flexibility index (Phi) is 2.65. The number of hydrogen-bond donors (Lipinski definition) is 0. The second kappa shape index (κ2) is 3.48. The fraction of sp³-hybridized carbons (Fsp3) is 0.250. The van der Waals surface area contributed by atoms with Crippen molar-refractivity contribution in [2.75, 3.05) is 6.61 Å². The van der Waals surface area contributed by atoms with Crippen molar-refractivity contribution in [1.82, 2.24) is 0 Å². The summed E-state index contributed by atoms with van der Waals surface area (Å²) in [7, 11) is 0. The normalized spacial score (nSPS) is 20.5. The Labute approximate surface area is 95.5 Å². The van der Waals surface area contributed by atoms with Gasteiger partial charge >= 0.3 is 0 Å². The van der Waals surface area contributed by atoms with Crippen molar-refractivity contribution < 1.29 is 4.74 Å². The highest BCUT2D eigenvalue weighted by Crippen LogP contribution is 2.44. The molecule has 0 bridgehead atoms. The quantitative estimate of drug-likeness (QED) is 0.414. The first-order chi connectivity index (χ1) is 6.11. The molecule has 0 aromatic heterocycles. The van der Waals surface area contributed by atoms with Crippen LogP contribution in [0.1, 0.15) is 11.7 Å². The van der Waals surface area contributed by atoms with Crippen LogP contribution in [0.25, 0.3) is 0 Å². The van der Waals surface area contributed by atoms with E-state index in [1.807, 2.05) is 0 Å². The molecular weight excluding hydrogens is 254 g/mol. The Hall–Kier alpha value is 0.340. The van der Waals surface area contributed by atoms with E-state index in [2.05, 4.69) is 0 Å². The van der Waals surface area contributed by atoms with Crippen LogP contribution in [0.2, 0.25) is 20.1 Å². The Balaban J connectivity index is 2.58. The molecule has 1 unspecified atom stereocenters. The van der Waals surface area contributed by atoms with Crippen molar-refractivity contribution >= 4 is 46.4 Å². The standard InChI is InChI=1S/C8H4Cl4O/c9-4-1-3(5-2-13-5)6(10)8(12)7(4)11/h1,5H,2H2. The van der Waals surface area contributed by atoms with E-state index in [1.54, 1.807) is 6.07 Å². The molecule has 0 saturated carbocycles. The van der Waals surface area contributed by atoms with Crippen molar-refractivity contribution in [2.45, 2.75) is 6.10 Å². The molecule has 0 amide bonds. The van der Waals surface area contributed by atoms with E-state index in [0.29, 0.717) is 21.7 Å². The van der Waals surface area contributed by atoms with Gasteiger partial charge in [-0.1, -0.05) is 46.4 Å². The van der Waals surface area contributed by atoms with Crippen LogP contribution in [0.5, 0.6) is 0 Å². The summed E-state index contributed by atoms with van der Waals surface area (Å²) in [6.07, 6.45) is 0.0276. The molecule has 1 aromatic carbocycles. The van der Waals surface area contributed by atoms with E-state index in [9.17, 15) is 0 Å². The summed E-state index contributed by atoms with van der Waals surface area (Å²) >= 11 is 23.4. The highest BCUT2D eigenvalue weighted by atomic mass is 35.5. The van der Waals surface area contributed by atoms with E-state index in [1.165, 1.54) is 0 Å². The molecule has 1 atom stereocenters. The lowest BCUT2D eigenvalue weighted by atomic mass is 10.2. The fourth-order valence-corrected chi connectivity index (χ4v) is 1.99. The zero-order valence-electron chi connectivity index (χ0n) is 6.28. The second-order valence-corrected chi connectivity index (χ2v) is 4.25. The number of hydrogen-bond acceptors (Lipinski definition) is 1. The summed E-state index contributed by atoms with van der Waals surface area (Å²) < 4.78 is 5.08. The minimum absolute atomic E-state index is 0.0276. The topological polar surface area (TPSA) is 12.5 Å². The monoisotopic (exact) mass is 256 g/mol. The molecule has 13 heavy (non-hydrogen) atoms. The minimum Gasteiger partial charge on any atom is -0.368 e. The molecule has 1 nitrogen and oxygen atoms in total. The molecule has 1 aliphatic rings. The third kappa shape index (κ3) is 1.77. The Morgan fingerprint density at radius 1 is 1.08 bits per heavy atom. The van der Waals surface area contributed by atoms with Crippen molar-refractivity contribution in [1.29, 1.82) is 0 Å². The maximum atomic E-state index is 5.95. The van der Waals surface area contributed by atoms with Gasteiger partial charge < -0.3 is 4.74 Å². The summed E-state index contributed by atoms with van der Waals surface area (Å²) in [5.41, 5.74) is 0.807. The molecule has 2 rings (SSSR count). The van der Waals surface area contributed by atoms with Crippen LogP contribution in [0, 0.1) is 0 Å². The molecule has 5 heteroatoms. The molecule has 1 fully saturated rings. The van der Waals surface area contributed by atoms with Gasteiger partial charge in [0.25, 0.3) is 0 Å². The van der Waals surface area contributed by atoms with E-state index < -0.39 is 0 Å². The van der Waals surface area contributed by atoms with Gasteiger partial charge in [0.05, 0.1) is 26.7 Å². The van der Waals surface area contributed by atoms with Crippen LogP contribution >= 0.6 is 46.4 Å². The van der Waals surface area contributed by atoms with Crippen LogP contribution in [-0.4, -0.2) is 6.61 Å². The van der Waals surface area contributed by atoms with Gasteiger partial charge in [-0.05, 0) is 6.07 Å². The molecule has 1 aliphatic heterocycles. The lowest BCUT2D eigenvalue weighted by Crippen LogP contribution is -1.85. The first kappa shape index (κ1) is 9.88. The number of benzene rings is 1. The number of ether oxygens (including phenoxy) is 1. The van der Waals surface area contributed by atoms with E-state index in [4.69, 9.17) is 51.1 Å². The lowest BCUT2D eigenvalue weighted by molar-refractivity contribution is 0.416. The van der Waals surface area contributed by atoms with Crippen LogP contribution < -0.4 is 0 Å². The van der Waals surface area contributed by atoms with Crippen molar-refractivity contribution in [3.05, 3.63) is 31.7 Å². The summed E-state index contributed by atoms with van der Waals surface area (Å²) in [5.74, 6) is 0. The summed E-state index contributed by atoms with van der Waals surface area (Å²) in [6.45, 7) is 0.661. The van der Waals surface area contributed by atoms with Gasteiger partial charge in [-0.2, -0.15) is 0 Å². The molecule has 70 valence electrons. The molecule has 1 heterocycles. The van der Waals surface area contributed by atoms with Crippen LogP contribution in [0.15, 0.2) is 6.07 Å². The zero-order valence-corrected chi connectivity index (χ0v) is 9.31. The molecule has 0 spiro atoms. The fourth-order valence-electron chi connectivity index (χ4n) is 1.05. The summed E-state index contributed by atoms with van der Waals surface area (Å²) in [4.78, 5) is 0. The van der Waals surface area contributed by atoms with Crippen LogP contribution in [0.3, 0.4) is 0 Å². The average Bonchev–Trinajstić information content (AvgIpc) is 2.91. The van der Waals surface area contributed by atoms with Crippen molar-refractivity contribution in [2.24, 2.45) is 0 Å². The predicted octanol–water partition coefficient (Wildman–Crippen LogP) is 4.37. The molecule has 0 radical (unpaired) electrons. The number of halogens is 4. The molecule has 1 aromatic rings. The average molecular weight is 258 g/mol. The second-order valence-electron chi connectivity index (χ2n) is 2.71. The van der Waals surface area contributed by atoms with E-state index >= 15 is 0 Å². The highest BCUT2D eigenvalue weighted by molar-refractivity contribution is 6.52. The largest absolute Gasteiger partial charge is 0.368 e. The molecule has 0 N–H and O–H groups in total. The number of rotatable bonds is 1. The van der Waals surface area contributed by atoms with Gasteiger partial charge in [-0.15, -0.1) is 0 Å². The van der Waals surface area contributed by atoms with Gasteiger partial charge in [-0.3, -0.25) is 0 Å². The van der Waals surface area contributed by atoms with Gasteiger partial charge in [0.1, 0.15) is 6.10 Å². The third-order valence-electron chi connectivity index (χ3n) is 1.81. The van der Waals surface area contributed by atoms with E-state index in [-0.39, 0.29) is 11.1 Å². The Morgan fingerprint density at radius 2 is 1.69 bits per heavy atom. The first-order valence-electron chi connectivity index (χ1n) is 3.55. The van der Waals surface area contributed by atoms with Gasteiger partial charge in [0, 0.05) is 5.56 Å². The smallest absolute Gasteiger partial charge is 0.107 e.